The molecule has 0 bridgehead atoms. The predicted molar refractivity (Wildman–Crippen MR) is 98.8 cm³/mol. The van der Waals surface area contributed by atoms with Crippen LogP contribution < -0.4 is 5.32 Å². The van der Waals surface area contributed by atoms with Crippen LogP contribution in [0, 0.1) is 0 Å². The number of carbonyl (C=O) groups is 1. The monoisotopic (exact) mass is 370 g/mol. The Morgan fingerprint density at radius 3 is 2.23 bits per heavy atom. The summed E-state index contributed by atoms with van der Waals surface area (Å²) in [4.78, 5) is 16.5. The van der Waals surface area contributed by atoms with Crippen LogP contribution in [0.1, 0.15) is 10.4 Å². The molecule has 0 atom stereocenters. The number of carbonyl (C=O) groups excluding carboxylic acids is 1. The Morgan fingerprint density at radius 1 is 1.04 bits per heavy atom. The average Bonchev–Trinajstić information content (AvgIpc) is 3.17. The van der Waals surface area contributed by atoms with Crippen LogP contribution in [0.3, 0.4) is 0 Å². The minimum absolute atomic E-state index is 0.142. The molecular weight excluding hydrogens is 352 g/mol. The highest BCUT2D eigenvalue weighted by Gasteiger charge is 2.17. The van der Waals surface area contributed by atoms with Crippen LogP contribution in [-0.4, -0.2) is 42.3 Å². The van der Waals surface area contributed by atoms with Crippen LogP contribution in [0.2, 0.25) is 0 Å². The maximum atomic E-state index is 12.3. The molecule has 1 amide bonds. The lowest BCUT2D eigenvalue weighted by atomic mass is 10.2. The second-order valence-electron chi connectivity index (χ2n) is 5.78. The Hall–Kier alpha value is -2.97. The zero-order valence-corrected chi connectivity index (χ0v) is 15.1. The standard InChI is InChI=1S/C18H18N4O3S/c1-21(2)26(24,25)17-9-3-14(4-10-17)18(23)20-15-5-7-16(8-6-15)22-12-11-19-13-22/h3-13H,1-2H3,(H,20,23). The number of aromatic nitrogens is 2. The van der Waals surface area contributed by atoms with Gasteiger partial charge in [0.05, 0.1) is 11.2 Å². The molecule has 0 aliphatic heterocycles. The third-order valence-electron chi connectivity index (χ3n) is 3.82. The molecule has 7 nitrogen and oxygen atoms in total. The maximum Gasteiger partial charge on any atom is 0.255 e. The Morgan fingerprint density at radius 2 is 1.69 bits per heavy atom. The van der Waals surface area contributed by atoms with E-state index in [9.17, 15) is 13.2 Å². The predicted octanol–water partition coefficient (Wildman–Crippen LogP) is 2.37. The Bertz CT molecular complexity index is 994. The van der Waals surface area contributed by atoms with Gasteiger partial charge in [0.25, 0.3) is 5.91 Å². The molecule has 134 valence electrons. The highest BCUT2D eigenvalue weighted by molar-refractivity contribution is 7.89. The molecule has 0 spiro atoms. The molecule has 8 heteroatoms. The fourth-order valence-corrected chi connectivity index (χ4v) is 3.22. The van der Waals surface area contributed by atoms with E-state index < -0.39 is 10.0 Å². The van der Waals surface area contributed by atoms with Gasteiger partial charge in [-0.1, -0.05) is 0 Å². The molecule has 0 saturated heterocycles. The van der Waals surface area contributed by atoms with E-state index in [4.69, 9.17) is 0 Å². The van der Waals surface area contributed by atoms with Crippen molar-refractivity contribution in [1.29, 1.82) is 0 Å². The van der Waals surface area contributed by atoms with E-state index >= 15 is 0 Å². The van der Waals surface area contributed by atoms with E-state index in [1.165, 1.54) is 38.4 Å². The van der Waals surface area contributed by atoms with E-state index in [0.717, 1.165) is 9.99 Å². The summed E-state index contributed by atoms with van der Waals surface area (Å²) in [5.41, 5.74) is 1.95. The molecule has 2 aromatic carbocycles. The van der Waals surface area contributed by atoms with Gasteiger partial charge in [0.2, 0.25) is 10.0 Å². The summed E-state index contributed by atoms with van der Waals surface area (Å²) < 4.78 is 27.1. The largest absolute Gasteiger partial charge is 0.322 e. The molecule has 0 fully saturated rings. The normalized spacial score (nSPS) is 11.5. The molecule has 1 N–H and O–H groups in total. The SMILES string of the molecule is CN(C)S(=O)(=O)c1ccc(C(=O)Nc2ccc(-n3ccnc3)cc2)cc1. The van der Waals surface area contributed by atoms with E-state index in [1.54, 1.807) is 24.7 Å². The van der Waals surface area contributed by atoms with Crippen LogP contribution in [0.4, 0.5) is 5.69 Å². The lowest BCUT2D eigenvalue weighted by molar-refractivity contribution is 0.102. The van der Waals surface area contributed by atoms with Gasteiger partial charge in [0.1, 0.15) is 0 Å². The molecule has 0 radical (unpaired) electrons. The molecular formula is C18H18N4O3S. The lowest BCUT2D eigenvalue weighted by Crippen LogP contribution is -2.22. The minimum atomic E-state index is -3.51. The fraction of sp³-hybridized carbons (Fsp3) is 0.111. The summed E-state index contributed by atoms with van der Waals surface area (Å²) in [5, 5.41) is 2.79. The van der Waals surface area contributed by atoms with Crippen molar-refractivity contribution in [3.05, 3.63) is 72.8 Å². The number of amides is 1. The number of hydrogen-bond donors (Lipinski definition) is 1. The molecule has 1 aromatic heterocycles. The molecule has 0 aliphatic rings. The second kappa shape index (κ2) is 7.11. The average molecular weight is 370 g/mol. The molecule has 26 heavy (non-hydrogen) atoms. The van der Waals surface area contributed by atoms with Crippen LogP contribution in [0.15, 0.2) is 72.1 Å². The fourth-order valence-electron chi connectivity index (χ4n) is 2.32. The zero-order chi connectivity index (χ0) is 18.7. The first-order chi connectivity index (χ1) is 12.4. The molecule has 0 unspecified atom stereocenters. The van der Waals surface area contributed by atoms with Crippen molar-refractivity contribution in [1.82, 2.24) is 13.9 Å². The number of anilines is 1. The van der Waals surface area contributed by atoms with Gasteiger partial charge in [-0.15, -0.1) is 0 Å². The van der Waals surface area contributed by atoms with Gasteiger partial charge < -0.3 is 9.88 Å². The van der Waals surface area contributed by atoms with Gasteiger partial charge in [0.15, 0.2) is 0 Å². The summed E-state index contributed by atoms with van der Waals surface area (Å²) in [6, 6.07) is 13.1. The van der Waals surface area contributed by atoms with Gasteiger partial charge in [-0.05, 0) is 48.5 Å². The molecule has 3 rings (SSSR count). The summed E-state index contributed by atoms with van der Waals surface area (Å²) >= 11 is 0. The van der Waals surface area contributed by atoms with E-state index in [0.29, 0.717) is 11.3 Å². The number of nitrogens with one attached hydrogen (secondary N) is 1. The number of sulfonamides is 1. The summed E-state index contributed by atoms with van der Waals surface area (Å²) in [6.45, 7) is 0. The van der Waals surface area contributed by atoms with Crippen LogP contribution in [0.25, 0.3) is 5.69 Å². The van der Waals surface area contributed by atoms with Crippen molar-refractivity contribution in [2.75, 3.05) is 19.4 Å². The third-order valence-corrected chi connectivity index (χ3v) is 5.65. The smallest absolute Gasteiger partial charge is 0.255 e. The van der Waals surface area contributed by atoms with Crippen LogP contribution in [-0.2, 0) is 10.0 Å². The summed E-state index contributed by atoms with van der Waals surface area (Å²) in [7, 11) is -0.587. The Kier molecular flexibility index (Phi) is 4.88. The Labute approximate surface area is 152 Å². The van der Waals surface area contributed by atoms with Crippen molar-refractivity contribution in [3.63, 3.8) is 0 Å². The highest BCUT2D eigenvalue weighted by Crippen LogP contribution is 2.17. The highest BCUT2D eigenvalue weighted by atomic mass is 32.2. The van der Waals surface area contributed by atoms with Crippen LogP contribution in [0.5, 0.6) is 0 Å². The molecule has 0 aliphatic carbocycles. The number of hydrogen-bond acceptors (Lipinski definition) is 4. The topological polar surface area (TPSA) is 84.3 Å². The van der Waals surface area contributed by atoms with Crippen molar-refractivity contribution in [3.8, 4) is 5.69 Å². The molecule has 1 heterocycles. The van der Waals surface area contributed by atoms with E-state index in [2.05, 4.69) is 10.3 Å². The quantitative estimate of drug-likeness (QED) is 0.747. The first-order valence-electron chi connectivity index (χ1n) is 7.80. The summed E-state index contributed by atoms with van der Waals surface area (Å²) in [6.07, 6.45) is 5.21. The van der Waals surface area contributed by atoms with E-state index in [-0.39, 0.29) is 10.8 Å². The van der Waals surface area contributed by atoms with Crippen molar-refractivity contribution in [2.24, 2.45) is 0 Å². The van der Waals surface area contributed by atoms with Crippen LogP contribution >= 0.6 is 0 Å². The molecule has 0 saturated carbocycles. The second-order valence-corrected chi connectivity index (χ2v) is 7.93. The minimum Gasteiger partial charge on any atom is -0.322 e. The van der Waals surface area contributed by atoms with E-state index in [1.807, 2.05) is 22.9 Å². The van der Waals surface area contributed by atoms with Gasteiger partial charge in [-0.2, -0.15) is 0 Å². The molecule has 3 aromatic rings. The zero-order valence-electron chi connectivity index (χ0n) is 14.3. The van der Waals surface area contributed by atoms with Gasteiger partial charge in [-0.3, -0.25) is 4.79 Å². The summed E-state index contributed by atoms with van der Waals surface area (Å²) in [5.74, 6) is -0.311. The van der Waals surface area contributed by atoms with Crippen molar-refractivity contribution < 1.29 is 13.2 Å². The maximum absolute atomic E-state index is 12.3. The van der Waals surface area contributed by atoms with Crippen molar-refractivity contribution in [2.45, 2.75) is 4.90 Å². The Balaban J connectivity index is 1.72. The lowest BCUT2D eigenvalue weighted by Gasteiger charge is -2.12. The van der Waals surface area contributed by atoms with Gasteiger partial charge in [-0.25, -0.2) is 17.7 Å². The van der Waals surface area contributed by atoms with Gasteiger partial charge in [0, 0.05) is 43.4 Å². The number of benzene rings is 2. The number of rotatable bonds is 5. The number of imidazole rings is 1. The van der Waals surface area contributed by atoms with Gasteiger partial charge >= 0.3 is 0 Å². The first-order valence-corrected chi connectivity index (χ1v) is 9.24. The first kappa shape index (κ1) is 17.8. The third kappa shape index (κ3) is 3.66. The van der Waals surface area contributed by atoms with Crippen molar-refractivity contribution >= 4 is 21.6 Å². The number of nitrogens with zero attached hydrogens (tertiary/aromatic N) is 3.